The molecule has 1 heterocycles. The summed E-state index contributed by atoms with van der Waals surface area (Å²) in [6, 6.07) is 2.29. The second-order valence-corrected chi connectivity index (χ2v) is 8.44. The Kier molecular flexibility index (Phi) is 4.15. The molecule has 1 aromatic carbocycles. The molecule has 0 aromatic heterocycles. The number of fused-ring (bicyclic) bond motifs is 1. The second-order valence-electron chi connectivity index (χ2n) is 6.13. The lowest BCUT2D eigenvalue weighted by atomic mass is 9.98. The first-order valence-corrected chi connectivity index (χ1v) is 9.05. The van der Waals surface area contributed by atoms with Crippen LogP contribution in [0, 0.1) is 11.8 Å². The van der Waals surface area contributed by atoms with Crippen molar-refractivity contribution in [1.82, 2.24) is 4.31 Å². The highest BCUT2D eigenvalue weighted by molar-refractivity contribution is 7.89. The van der Waals surface area contributed by atoms with Gasteiger partial charge in [-0.15, -0.1) is 0 Å². The van der Waals surface area contributed by atoms with Crippen LogP contribution in [0.1, 0.15) is 18.4 Å². The molecule has 3 rings (SSSR count). The molecule has 1 aromatic rings. The zero-order valence-electron chi connectivity index (χ0n) is 12.1. The lowest BCUT2D eigenvalue weighted by Crippen LogP contribution is -2.33. The molecule has 23 heavy (non-hydrogen) atoms. The van der Waals surface area contributed by atoms with E-state index in [9.17, 15) is 21.6 Å². The topological polar surface area (TPSA) is 63.4 Å². The zero-order chi connectivity index (χ0) is 17.0. The van der Waals surface area contributed by atoms with Gasteiger partial charge in [-0.25, -0.2) is 8.42 Å². The largest absolute Gasteiger partial charge is 0.416 e. The van der Waals surface area contributed by atoms with Gasteiger partial charge in [0.15, 0.2) is 0 Å². The maximum atomic E-state index is 12.7. The average Bonchev–Trinajstić information content (AvgIpc) is 3.00. The van der Waals surface area contributed by atoms with Gasteiger partial charge in [0.2, 0.25) is 10.0 Å². The van der Waals surface area contributed by atoms with Crippen molar-refractivity contribution in [3.8, 4) is 0 Å². The molecule has 0 amide bonds. The van der Waals surface area contributed by atoms with Crippen LogP contribution in [0.5, 0.6) is 0 Å². The van der Waals surface area contributed by atoms with Gasteiger partial charge in [-0.3, -0.25) is 0 Å². The van der Waals surface area contributed by atoms with Crippen molar-refractivity contribution in [3.05, 3.63) is 28.8 Å². The predicted octanol–water partition coefficient (Wildman–Crippen LogP) is 2.72. The molecule has 128 valence electrons. The van der Waals surface area contributed by atoms with Gasteiger partial charge in [0.05, 0.1) is 10.6 Å². The van der Waals surface area contributed by atoms with Gasteiger partial charge in [-0.1, -0.05) is 11.6 Å². The Morgan fingerprint density at radius 1 is 1.22 bits per heavy atom. The van der Waals surface area contributed by atoms with Gasteiger partial charge in [0, 0.05) is 19.1 Å². The summed E-state index contributed by atoms with van der Waals surface area (Å²) in [4.78, 5) is -0.291. The monoisotopic (exact) mass is 368 g/mol. The second kappa shape index (κ2) is 5.61. The van der Waals surface area contributed by atoms with E-state index in [4.69, 9.17) is 17.3 Å². The number of hydrogen-bond donors (Lipinski definition) is 1. The highest BCUT2D eigenvalue weighted by Gasteiger charge is 2.45. The summed E-state index contributed by atoms with van der Waals surface area (Å²) >= 11 is 5.82. The minimum atomic E-state index is -4.57. The van der Waals surface area contributed by atoms with Crippen molar-refractivity contribution < 1.29 is 21.6 Å². The fraction of sp³-hybridized carbons (Fsp3) is 0.571. The van der Waals surface area contributed by atoms with Crippen LogP contribution in [-0.4, -0.2) is 31.9 Å². The standard InChI is InChI=1S/C14H16ClF3N2O2S/c15-11-5-9(14(16,17)18)2-4-13(11)23(21,22)20-6-8-1-3-12(19)10(8)7-20/h2,4-5,8,10,12H,1,3,6-7,19H2/t8-,10?,12?/m1/s1. The van der Waals surface area contributed by atoms with Gasteiger partial charge in [-0.05, 0) is 42.9 Å². The van der Waals surface area contributed by atoms with Crippen molar-refractivity contribution in [2.45, 2.75) is 30.0 Å². The Balaban J connectivity index is 1.89. The van der Waals surface area contributed by atoms with Crippen LogP contribution in [0.4, 0.5) is 13.2 Å². The lowest BCUT2D eigenvalue weighted by molar-refractivity contribution is -0.137. The molecule has 1 saturated carbocycles. The van der Waals surface area contributed by atoms with Crippen LogP contribution in [0.2, 0.25) is 5.02 Å². The van der Waals surface area contributed by atoms with Crippen LogP contribution in [-0.2, 0) is 16.2 Å². The quantitative estimate of drug-likeness (QED) is 0.873. The van der Waals surface area contributed by atoms with Crippen LogP contribution >= 0.6 is 11.6 Å². The van der Waals surface area contributed by atoms with E-state index in [2.05, 4.69) is 0 Å². The summed E-state index contributed by atoms with van der Waals surface area (Å²) in [7, 11) is -3.92. The SMILES string of the molecule is NC1CC[C@@H]2CN(S(=O)(=O)c3ccc(C(F)(F)F)cc3Cl)CC12. The molecule has 2 fully saturated rings. The highest BCUT2D eigenvalue weighted by Crippen LogP contribution is 2.40. The molecule has 2 unspecified atom stereocenters. The number of hydrogen-bond acceptors (Lipinski definition) is 3. The van der Waals surface area contributed by atoms with E-state index in [-0.39, 0.29) is 22.8 Å². The predicted molar refractivity (Wildman–Crippen MR) is 79.4 cm³/mol. The first kappa shape index (κ1) is 17.0. The summed E-state index contributed by atoms with van der Waals surface area (Å²) in [6.45, 7) is 0.642. The zero-order valence-corrected chi connectivity index (χ0v) is 13.6. The molecular formula is C14H16ClF3N2O2S. The Bertz CT molecular complexity index is 723. The number of alkyl halides is 3. The Morgan fingerprint density at radius 3 is 2.48 bits per heavy atom. The minimum Gasteiger partial charge on any atom is -0.327 e. The fourth-order valence-corrected chi connectivity index (χ4v) is 5.54. The molecule has 9 heteroatoms. The molecule has 1 aliphatic heterocycles. The van der Waals surface area contributed by atoms with E-state index in [1.807, 2.05) is 0 Å². The summed E-state index contributed by atoms with van der Waals surface area (Å²) < 4.78 is 64.6. The van der Waals surface area contributed by atoms with Gasteiger partial charge >= 0.3 is 6.18 Å². The van der Waals surface area contributed by atoms with Crippen LogP contribution < -0.4 is 5.73 Å². The van der Waals surface area contributed by atoms with Crippen molar-refractivity contribution >= 4 is 21.6 Å². The number of nitrogens with zero attached hydrogens (tertiary/aromatic N) is 1. The number of halogens is 4. The fourth-order valence-electron chi connectivity index (χ4n) is 3.49. The number of rotatable bonds is 2. The Morgan fingerprint density at radius 2 is 1.91 bits per heavy atom. The maximum Gasteiger partial charge on any atom is 0.416 e. The van der Waals surface area contributed by atoms with Gasteiger partial charge in [-0.2, -0.15) is 17.5 Å². The minimum absolute atomic E-state index is 0.0247. The van der Waals surface area contributed by atoms with E-state index in [1.54, 1.807) is 0 Å². The number of nitrogens with two attached hydrogens (primary N) is 1. The Hall–Kier alpha value is -0.830. The molecule has 0 radical (unpaired) electrons. The van der Waals surface area contributed by atoms with Crippen molar-refractivity contribution in [2.75, 3.05) is 13.1 Å². The van der Waals surface area contributed by atoms with Crippen molar-refractivity contribution in [2.24, 2.45) is 17.6 Å². The molecule has 4 nitrogen and oxygen atoms in total. The highest BCUT2D eigenvalue weighted by atomic mass is 35.5. The van der Waals surface area contributed by atoms with Gasteiger partial charge in [0.1, 0.15) is 4.90 Å². The normalized spacial score (nSPS) is 29.0. The first-order chi connectivity index (χ1) is 10.6. The summed E-state index contributed by atoms with van der Waals surface area (Å²) in [5.41, 5.74) is 5.02. The molecule has 3 atom stereocenters. The summed E-state index contributed by atoms with van der Waals surface area (Å²) in [5, 5.41) is -0.416. The van der Waals surface area contributed by atoms with Crippen LogP contribution in [0.25, 0.3) is 0 Å². The average molecular weight is 369 g/mol. The van der Waals surface area contributed by atoms with Crippen LogP contribution in [0.15, 0.2) is 23.1 Å². The first-order valence-electron chi connectivity index (χ1n) is 7.23. The van der Waals surface area contributed by atoms with Crippen molar-refractivity contribution in [3.63, 3.8) is 0 Å². The van der Waals surface area contributed by atoms with E-state index in [0.29, 0.717) is 19.2 Å². The third-order valence-corrected chi connectivity index (χ3v) is 7.07. The molecule has 1 saturated heterocycles. The smallest absolute Gasteiger partial charge is 0.327 e. The molecule has 2 N–H and O–H groups in total. The van der Waals surface area contributed by atoms with E-state index in [1.165, 1.54) is 4.31 Å². The maximum absolute atomic E-state index is 12.7. The van der Waals surface area contributed by atoms with Crippen molar-refractivity contribution in [1.29, 1.82) is 0 Å². The number of sulfonamides is 1. The third kappa shape index (κ3) is 2.97. The molecular weight excluding hydrogens is 353 g/mol. The molecule has 0 spiro atoms. The summed E-state index contributed by atoms with van der Waals surface area (Å²) in [6.07, 6.45) is -2.81. The molecule has 2 aliphatic rings. The van der Waals surface area contributed by atoms with Gasteiger partial charge in [0.25, 0.3) is 0 Å². The van der Waals surface area contributed by atoms with E-state index >= 15 is 0 Å². The molecule has 1 aliphatic carbocycles. The summed E-state index contributed by atoms with van der Waals surface area (Å²) in [5.74, 6) is 0.325. The molecule has 0 bridgehead atoms. The number of benzene rings is 1. The van der Waals surface area contributed by atoms with E-state index in [0.717, 1.165) is 25.0 Å². The lowest BCUT2D eigenvalue weighted by Gasteiger charge is -2.20. The third-order valence-electron chi connectivity index (χ3n) is 4.76. The van der Waals surface area contributed by atoms with Gasteiger partial charge < -0.3 is 5.73 Å². The van der Waals surface area contributed by atoms with Crippen LogP contribution in [0.3, 0.4) is 0 Å². The van der Waals surface area contributed by atoms with E-state index < -0.39 is 26.8 Å². The Labute approximate surface area is 137 Å².